The average molecular weight is 464 g/mol. The van der Waals surface area contributed by atoms with Gasteiger partial charge in [-0.25, -0.2) is 0 Å². The first-order chi connectivity index (χ1) is 17.1. The zero-order valence-electron chi connectivity index (χ0n) is 20.0. The number of carbonyl (C=O) groups is 2. The summed E-state index contributed by atoms with van der Waals surface area (Å²) in [6.45, 7) is 3.80. The minimum atomic E-state index is -0.0468. The number of hydrogen-bond donors (Lipinski definition) is 1. The molecule has 3 aromatic carbocycles. The molecule has 5 rings (SSSR count). The van der Waals surface area contributed by atoms with E-state index in [2.05, 4.69) is 23.5 Å². The van der Waals surface area contributed by atoms with Crippen LogP contribution in [0.2, 0.25) is 0 Å². The van der Waals surface area contributed by atoms with Gasteiger partial charge in [-0.3, -0.25) is 14.6 Å². The predicted octanol–water partition coefficient (Wildman–Crippen LogP) is 5.19. The van der Waals surface area contributed by atoms with Gasteiger partial charge in [0.15, 0.2) is 0 Å². The number of para-hydroxylation sites is 1. The molecule has 5 heteroatoms. The minimum absolute atomic E-state index is 0.0468. The predicted molar refractivity (Wildman–Crippen MR) is 139 cm³/mol. The first-order valence-electron chi connectivity index (χ1n) is 12.1. The largest absolute Gasteiger partial charge is 0.352 e. The molecule has 0 bridgehead atoms. The number of nitrogens with zero attached hydrogens (tertiary/aromatic N) is 2. The normalized spacial score (nSPS) is 13.4. The molecule has 1 N–H and O–H groups in total. The molecular formula is C30H29N3O2. The number of aryl methyl sites for hydroxylation is 1. The van der Waals surface area contributed by atoms with Crippen LogP contribution >= 0.6 is 0 Å². The van der Waals surface area contributed by atoms with Gasteiger partial charge in [0.2, 0.25) is 11.8 Å². The summed E-state index contributed by atoms with van der Waals surface area (Å²) < 4.78 is 0. The number of pyridine rings is 1. The Bertz CT molecular complexity index is 1380. The van der Waals surface area contributed by atoms with Gasteiger partial charge in [0, 0.05) is 37.1 Å². The molecule has 1 saturated heterocycles. The fourth-order valence-corrected chi connectivity index (χ4v) is 4.90. The topological polar surface area (TPSA) is 62.3 Å². The van der Waals surface area contributed by atoms with E-state index in [0.29, 0.717) is 19.5 Å². The highest BCUT2D eigenvalue weighted by Gasteiger charge is 2.21. The minimum Gasteiger partial charge on any atom is -0.352 e. The van der Waals surface area contributed by atoms with Crippen LogP contribution in [0.1, 0.15) is 35.2 Å². The molecule has 1 aliphatic rings. The number of nitrogens with one attached hydrogen (secondary N) is 1. The Hall–Kier alpha value is -3.99. The van der Waals surface area contributed by atoms with Crippen molar-refractivity contribution in [3.8, 4) is 11.1 Å². The third-order valence-corrected chi connectivity index (χ3v) is 6.73. The van der Waals surface area contributed by atoms with E-state index < -0.39 is 0 Å². The second kappa shape index (κ2) is 10.1. The lowest BCUT2D eigenvalue weighted by Gasteiger charge is -2.19. The van der Waals surface area contributed by atoms with Gasteiger partial charge in [-0.05, 0) is 47.2 Å². The fourth-order valence-electron chi connectivity index (χ4n) is 4.90. The van der Waals surface area contributed by atoms with Crippen molar-refractivity contribution in [2.24, 2.45) is 0 Å². The number of benzene rings is 3. The number of hydrogen-bond acceptors (Lipinski definition) is 3. The lowest BCUT2D eigenvalue weighted by molar-refractivity contribution is -0.128. The summed E-state index contributed by atoms with van der Waals surface area (Å²) in [5.41, 5.74) is 7.01. The Kier molecular flexibility index (Phi) is 6.57. The Morgan fingerprint density at radius 2 is 1.66 bits per heavy atom. The summed E-state index contributed by atoms with van der Waals surface area (Å²) in [4.78, 5) is 31.9. The molecule has 2 heterocycles. The van der Waals surface area contributed by atoms with E-state index in [1.807, 2.05) is 72.5 Å². The van der Waals surface area contributed by atoms with Crippen molar-refractivity contribution in [1.29, 1.82) is 0 Å². The van der Waals surface area contributed by atoms with Crippen LogP contribution in [0.3, 0.4) is 0 Å². The lowest BCUT2D eigenvalue weighted by Crippen LogP contribution is -2.28. The molecule has 35 heavy (non-hydrogen) atoms. The first-order valence-corrected chi connectivity index (χ1v) is 12.1. The third kappa shape index (κ3) is 4.94. The SMILES string of the molecule is Cc1nc2ccccc2c(-c2ccccc2)c1CC(=O)NCc1ccccc1CN1CCCC1=O. The van der Waals surface area contributed by atoms with Crippen molar-refractivity contribution in [2.75, 3.05) is 6.54 Å². The van der Waals surface area contributed by atoms with Gasteiger partial charge >= 0.3 is 0 Å². The van der Waals surface area contributed by atoms with E-state index in [9.17, 15) is 9.59 Å². The van der Waals surface area contributed by atoms with Crippen LogP contribution in [0, 0.1) is 6.92 Å². The molecule has 0 radical (unpaired) electrons. The fraction of sp³-hybridized carbons (Fsp3) is 0.233. The molecule has 2 amide bonds. The number of aromatic nitrogens is 1. The van der Waals surface area contributed by atoms with Crippen molar-refractivity contribution in [3.63, 3.8) is 0 Å². The monoisotopic (exact) mass is 463 g/mol. The lowest BCUT2D eigenvalue weighted by atomic mass is 9.92. The molecule has 5 nitrogen and oxygen atoms in total. The van der Waals surface area contributed by atoms with Crippen molar-refractivity contribution in [2.45, 2.75) is 39.3 Å². The van der Waals surface area contributed by atoms with E-state index in [1.165, 1.54) is 0 Å². The summed E-state index contributed by atoms with van der Waals surface area (Å²) >= 11 is 0. The molecule has 0 atom stereocenters. The van der Waals surface area contributed by atoms with Crippen molar-refractivity contribution in [1.82, 2.24) is 15.2 Å². The van der Waals surface area contributed by atoms with E-state index in [0.717, 1.165) is 57.4 Å². The molecule has 1 aromatic heterocycles. The van der Waals surface area contributed by atoms with Gasteiger partial charge in [0.1, 0.15) is 0 Å². The van der Waals surface area contributed by atoms with Crippen LogP contribution in [0.4, 0.5) is 0 Å². The van der Waals surface area contributed by atoms with Gasteiger partial charge in [-0.1, -0.05) is 72.8 Å². The van der Waals surface area contributed by atoms with E-state index in [-0.39, 0.29) is 18.2 Å². The Labute approximate surface area is 205 Å². The summed E-state index contributed by atoms with van der Waals surface area (Å²) in [5, 5.41) is 4.16. The molecule has 0 saturated carbocycles. The molecule has 4 aromatic rings. The highest BCUT2D eigenvalue weighted by atomic mass is 16.2. The van der Waals surface area contributed by atoms with Crippen LogP contribution in [-0.4, -0.2) is 28.2 Å². The van der Waals surface area contributed by atoms with Crippen molar-refractivity contribution >= 4 is 22.7 Å². The summed E-state index contributed by atoms with van der Waals surface area (Å²) in [7, 11) is 0. The van der Waals surface area contributed by atoms with Crippen LogP contribution in [0.25, 0.3) is 22.0 Å². The zero-order valence-corrected chi connectivity index (χ0v) is 20.0. The van der Waals surface area contributed by atoms with Gasteiger partial charge in [0.05, 0.1) is 11.9 Å². The van der Waals surface area contributed by atoms with Gasteiger partial charge < -0.3 is 10.2 Å². The number of rotatable bonds is 7. The highest BCUT2D eigenvalue weighted by molar-refractivity contribution is 5.98. The average Bonchev–Trinajstić information content (AvgIpc) is 3.28. The smallest absolute Gasteiger partial charge is 0.224 e. The second-order valence-electron chi connectivity index (χ2n) is 9.08. The van der Waals surface area contributed by atoms with Crippen LogP contribution < -0.4 is 5.32 Å². The summed E-state index contributed by atoms with van der Waals surface area (Å²) in [6, 6.07) is 26.3. The molecular weight excluding hydrogens is 434 g/mol. The van der Waals surface area contributed by atoms with Crippen LogP contribution in [0.15, 0.2) is 78.9 Å². The van der Waals surface area contributed by atoms with Crippen LogP contribution in [0.5, 0.6) is 0 Å². The van der Waals surface area contributed by atoms with Gasteiger partial charge in [0.25, 0.3) is 0 Å². The molecule has 1 fully saturated rings. The standard InChI is InChI=1S/C30H29N3O2/c1-21-26(30(22-10-3-2-4-11-22)25-14-7-8-15-27(25)32-21)18-28(34)31-19-23-12-5-6-13-24(23)20-33-17-9-16-29(33)35/h2-8,10-15H,9,16-20H2,1H3,(H,31,34). The van der Waals surface area contributed by atoms with Gasteiger partial charge in [-0.15, -0.1) is 0 Å². The molecule has 0 aliphatic carbocycles. The summed E-state index contributed by atoms with van der Waals surface area (Å²) in [5.74, 6) is 0.158. The second-order valence-corrected chi connectivity index (χ2v) is 9.08. The van der Waals surface area contributed by atoms with Crippen molar-refractivity contribution in [3.05, 3.63) is 101 Å². The summed E-state index contributed by atoms with van der Waals surface area (Å²) in [6.07, 6.45) is 1.79. The maximum atomic E-state index is 13.2. The number of amides is 2. The first kappa shape index (κ1) is 22.8. The van der Waals surface area contributed by atoms with Crippen molar-refractivity contribution < 1.29 is 9.59 Å². The molecule has 0 unspecified atom stereocenters. The highest BCUT2D eigenvalue weighted by Crippen LogP contribution is 2.33. The quantitative estimate of drug-likeness (QED) is 0.410. The molecule has 0 spiro atoms. The van der Waals surface area contributed by atoms with Crippen LogP contribution in [-0.2, 0) is 29.1 Å². The maximum Gasteiger partial charge on any atom is 0.224 e. The van der Waals surface area contributed by atoms with E-state index in [1.54, 1.807) is 0 Å². The zero-order chi connectivity index (χ0) is 24.2. The van der Waals surface area contributed by atoms with Gasteiger partial charge in [-0.2, -0.15) is 0 Å². The van der Waals surface area contributed by atoms with E-state index in [4.69, 9.17) is 4.98 Å². The number of carbonyl (C=O) groups excluding carboxylic acids is 2. The molecule has 1 aliphatic heterocycles. The Morgan fingerprint density at radius 3 is 2.43 bits per heavy atom. The Morgan fingerprint density at radius 1 is 0.943 bits per heavy atom. The number of likely N-dealkylation sites (tertiary alicyclic amines) is 1. The number of fused-ring (bicyclic) bond motifs is 1. The third-order valence-electron chi connectivity index (χ3n) is 6.73. The maximum absolute atomic E-state index is 13.2. The van der Waals surface area contributed by atoms with E-state index >= 15 is 0 Å². The molecule has 176 valence electrons. The Balaban J connectivity index is 1.38.